The lowest BCUT2D eigenvalue weighted by molar-refractivity contribution is 0.0686. The summed E-state index contributed by atoms with van der Waals surface area (Å²) < 4.78 is 26.9. The summed E-state index contributed by atoms with van der Waals surface area (Å²) in [7, 11) is 0. The van der Waals surface area contributed by atoms with Crippen molar-refractivity contribution in [3.8, 4) is 0 Å². The van der Waals surface area contributed by atoms with Crippen molar-refractivity contribution < 1.29 is 13.6 Å². The molecular weight excluding hydrogens is 286 g/mol. The van der Waals surface area contributed by atoms with Crippen LogP contribution in [0.15, 0.2) is 18.2 Å². The molecule has 2 rings (SSSR count). The van der Waals surface area contributed by atoms with Crippen molar-refractivity contribution >= 4 is 18.3 Å². The van der Waals surface area contributed by atoms with Crippen LogP contribution in [0.25, 0.3) is 0 Å². The number of hydrogen-bond acceptors (Lipinski definition) is 2. The molecule has 3 nitrogen and oxygen atoms in total. The molecule has 0 radical (unpaired) electrons. The van der Waals surface area contributed by atoms with Crippen molar-refractivity contribution in [1.82, 2.24) is 10.2 Å². The molecule has 0 bridgehead atoms. The fourth-order valence-corrected chi connectivity index (χ4v) is 2.42. The Hall–Kier alpha value is -1.20. The molecular formula is C14H19ClF2N2O. The number of rotatable bonds is 4. The Kier molecular flexibility index (Phi) is 6.36. The number of halogens is 3. The standard InChI is InChI=1S/C14H18F2N2O.ClH/c1-2-8-18(10-6-7-17-9-10)14(19)11-4-3-5-12(15)13(11)16;/h3-5,10,17H,2,6-9H2,1H3;1H. The minimum absolute atomic E-state index is 0. The monoisotopic (exact) mass is 304 g/mol. The number of benzene rings is 1. The van der Waals surface area contributed by atoms with E-state index in [9.17, 15) is 13.6 Å². The fraction of sp³-hybridized carbons (Fsp3) is 0.500. The molecule has 1 amide bonds. The Morgan fingerprint density at radius 3 is 2.80 bits per heavy atom. The first-order valence-electron chi connectivity index (χ1n) is 6.60. The van der Waals surface area contributed by atoms with Gasteiger partial charge in [0.15, 0.2) is 11.6 Å². The predicted molar refractivity (Wildman–Crippen MR) is 76.2 cm³/mol. The number of carbonyl (C=O) groups excluding carboxylic acids is 1. The second-order valence-electron chi connectivity index (χ2n) is 4.75. The van der Waals surface area contributed by atoms with Crippen molar-refractivity contribution in [2.75, 3.05) is 19.6 Å². The van der Waals surface area contributed by atoms with E-state index in [2.05, 4.69) is 5.32 Å². The molecule has 1 aliphatic rings. The van der Waals surface area contributed by atoms with Crippen LogP contribution in [0.3, 0.4) is 0 Å². The van der Waals surface area contributed by atoms with Crippen LogP contribution in [-0.2, 0) is 0 Å². The quantitative estimate of drug-likeness (QED) is 0.927. The van der Waals surface area contributed by atoms with E-state index in [-0.39, 0.29) is 24.0 Å². The van der Waals surface area contributed by atoms with Gasteiger partial charge in [0.05, 0.1) is 5.56 Å². The third kappa shape index (κ3) is 3.46. The van der Waals surface area contributed by atoms with Crippen LogP contribution >= 0.6 is 12.4 Å². The van der Waals surface area contributed by atoms with Crippen molar-refractivity contribution in [2.24, 2.45) is 0 Å². The highest BCUT2D eigenvalue weighted by atomic mass is 35.5. The lowest BCUT2D eigenvalue weighted by Gasteiger charge is -2.28. The summed E-state index contributed by atoms with van der Waals surface area (Å²) in [6, 6.07) is 3.79. The third-order valence-corrected chi connectivity index (χ3v) is 3.38. The van der Waals surface area contributed by atoms with E-state index in [0.717, 1.165) is 25.5 Å². The molecule has 6 heteroatoms. The Balaban J connectivity index is 0.00000200. The summed E-state index contributed by atoms with van der Waals surface area (Å²) in [6.45, 7) is 4.08. The van der Waals surface area contributed by atoms with Crippen molar-refractivity contribution in [3.05, 3.63) is 35.4 Å². The first kappa shape index (κ1) is 16.9. The Labute approximate surface area is 123 Å². The zero-order valence-corrected chi connectivity index (χ0v) is 12.2. The molecule has 1 N–H and O–H groups in total. The predicted octanol–water partition coefficient (Wildman–Crippen LogP) is 2.60. The SMILES string of the molecule is CCCN(C(=O)c1cccc(F)c1F)C1CCNC1.Cl. The molecule has 0 spiro atoms. The summed E-state index contributed by atoms with van der Waals surface area (Å²) in [5.41, 5.74) is -0.180. The maximum atomic E-state index is 13.7. The zero-order valence-electron chi connectivity index (χ0n) is 11.4. The van der Waals surface area contributed by atoms with E-state index in [1.807, 2.05) is 6.92 Å². The van der Waals surface area contributed by atoms with Gasteiger partial charge in [0.25, 0.3) is 5.91 Å². The van der Waals surface area contributed by atoms with Crippen LogP contribution in [0.1, 0.15) is 30.1 Å². The van der Waals surface area contributed by atoms with Crippen molar-refractivity contribution in [3.63, 3.8) is 0 Å². The van der Waals surface area contributed by atoms with Crippen LogP contribution < -0.4 is 5.32 Å². The van der Waals surface area contributed by atoms with Gasteiger partial charge >= 0.3 is 0 Å². The number of hydrogen-bond donors (Lipinski definition) is 1. The van der Waals surface area contributed by atoms with Gasteiger partial charge in [-0.2, -0.15) is 0 Å². The molecule has 1 aromatic carbocycles. The summed E-state index contributed by atoms with van der Waals surface area (Å²) in [5, 5.41) is 3.18. The van der Waals surface area contributed by atoms with E-state index in [0.29, 0.717) is 13.1 Å². The third-order valence-electron chi connectivity index (χ3n) is 3.38. The number of nitrogens with zero attached hydrogens (tertiary/aromatic N) is 1. The van der Waals surface area contributed by atoms with Crippen LogP contribution in [-0.4, -0.2) is 36.5 Å². The highest BCUT2D eigenvalue weighted by molar-refractivity contribution is 5.94. The maximum Gasteiger partial charge on any atom is 0.257 e. The van der Waals surface area contributed by atoms with Crippen LogP contribution in [0.2, 0.25) is 0 Å². The van der Waals surface area contributed by atoms with Gasteiger partial charge in [0, 0.05) is 19.1 Å². The number of carbonyl (C=O) groups is 1. The van der Waals surface area contributed by atoms with Gasteiger partial charge < -0.3 is 10.2 Å². The van der Waals surface area contributed by atoms with E-state index in [4.69, 9.17) is 0 Å². The molecule has 0 aromatic heterocycles. The fourth-order valence-electron chi connectivity index (χ4n) is 2.42. The largest absolute Gasteiger partial charge is 0.334 e. The van der Waals surface area contributed by atoms with Crippen molar-refractivity contribution in [1.29, 1.82) is 0 Å². The Morgan fingerprint density at radius 1 is 1.45 bits per heavy atom. The molecule has 1 atom stereocenters. The summed E-state index contributed by atoms with van der Waals surface area (Å²) in [6.07, 6.45) is 1.64. The van der Waals surface area contributed by atoms with E-state index < -0.39 is 17.5 Å². The van der Waals surface area contributed by atoms with Gasteiger partial charge in [0.2, 0.25) is 0 Å². The highest BCUT2D eigenvalue weighted by Crippen LogP contribution is 2.18. The molecule has 1 aliphatic heterocycles. The average Bonchev–Trinajstić information content (AvgIpc) is 2.92. The zero-order chi connectivity index (χ0) is 13.8. The number of amides is 1. The van der Waals surface area contributed by atoms with E-state index in [1.54, 1.807) is 4.90 Å². The maximum absolute atomic E-state index is 13.7. The van der Waals surface area contributed by atoms with Gasteiger partial charge in [-0.05, 0) is 31.5 Å². The van der Waals surface area contributed by atoms with Gasteiger partial charge in [0.1, 0.15) is 0 Å². The topological polar surface area (TPSA) is 32.3 Å². The average molecular weight is 305 g/mol. The molecule has 1 heterocycles. The molecule has 0 aliphatic carbocycles. The minimum Gasteiger partial charge on any atom is -0.334 e. The second kappa shape index (κ2) is 7.55. The normalized spacial score (nSPS) is 17.6. The molecule has 1 fully saturated rings. The van der Waals surface area contributed by atoms with Crippen LogP contribution in [0.5, 0.6) is 0 Å². The Morgan fingerprint density at radius 2 is 2.20 bits per heavy atom. The first-order chi connectivity index (χ1) is 9.15. The van der Waals surface area contributed by atoms with Gasteiger partial charge in [-0.3, -0.25) is 4.79 Å². The second-order valence-corrected chi connectivity index (χ2v) is 4.75. The van der Waals surface area contributed by atoms with Gasteiger partial charge in [-0.25, -0.2) is 8.78 Å². The molecule has 0 saturated carbocycles. The summed E-state index contributed by atoms with van der Waals surface area (Å²) >= 11 is 0. The molecule has 20 heavy (non-hydrogen) atoms. The lowest BCUT2D eigenvalue weighted by atomic mass is 10.1. The number of nitrogens with one attached hydrogen (secondary N) is 1. The Bertz CT molecular complexity index is 464. The van der Waals surface area contributed by atoms with E-state index in [1.165, 1.54) is 12.1 Å². The van der Waals surface area contributed by atoms with Crippen LogP contribution in [0, 0.1) is 11.6 Å². The van der Waals surface area contributed by atoms with Gasteiger partial charge in [-0.15, -0.1) is 12.4 Å². The van der Waals surface area contributed by atoms with Crippen LogP contribution in [0.4, 0.5) is 8.78 Å². The summed E-state index contributed by atoms with van der Waals surface area (Å²) in [5.74, 6) is -2.46. The van der Waals surface area contributed by atoms with Crippen molar-refractivity contribution in [2.45, 2.75) is 25.8 Å². The molecule has 112 valence electrons. The highest BCUT2D eigenvalue weighted by Gasteiger charge is 2.28. The lowest BCUT2D eigenvalue weighted by Crippen LogP contribution is -2.42. The molecule has 1 saturated heterocycles. The first-order valence-corrected chi connectivity index (χ1v) is 6.60. The molecule has 1 unspecified atom stereocenters. The molecule has 1 aromatic rings. The van der Waals surface area contributed by atoms with E-state index >= 15 is 0 Å². The minimum atomic E-state index is -1.06. The smallest absolute Gasteiger partial charge is 0.257 e. The summed E-state index contributed by atoms with van der Waals surface area (Å²) in [4.78, 5) is 14.0. The van der Waals surface area contributed by atoms with Gasteiger partial charge in [-0.1, -0.05) is 13.0 Å².